The highest BCUT2D eigenvalue weighted by molar-refractivity contribution is 5.87. The molecule has 2 atom stereocenters. The molecule has 0 bridgehead atoms. The van der Waals surface area contributed by atoms with Gasteiger partial charge in [0.2, 0.25) is 11.8 Å². The minimum atomic E-state index is -0.573. The van der Waals surface area contributed by atoms with E-state index in [0.29, 0.717) is 17.7 Å². The van der Waals surface area contributed by atoms with Crippen LogP contribution in [0, 0.1) is 17.8 Å². The molecule has 4 rings (SSSR count). The fraction of sp³-hybridized carbons (Fsp3) is 0.682. The number of piperidine rings is 1. The highest BCUT2D eigenvalue weighted by Gasteiger charge is 2.46. The van der Waals surface area contributed by atoms with E-state index in [4.69, 9.17) is 0 Å². The molecule has 6 nitrogen and oxygen atoms in total. The van der Waals surface area contributed by atoms with E-state index >= 15 is 0 Å². The lowest BCUT2D eigenvalue weighted by Gasteiger charge is -2.32. The Kier molecular flexibility index (Phi) is 5.17. The zero-order valence-corrected chi connectivity index (χ0v) is 17.3. The van der Waals surface area contributed by atoms with Crippen molar-refractivity contribution in [1.29, 1.82) is 0 Å². The maximum atomic E-state index is 13.2. The van der Waals surface area contributed by atoms with E-state index in [-0.39, 0.29) is 11.8 Å². The van der Waals surface area contributed by atoms with Crippen LogP contribution in [0.4, 0.5) is 0 Å². The fourth-order valence-electron chi connectivity index (χ4n) is 5.10. The van der Waals surface area contributed by atoms with E-state index in [2.05, 4.69) is 21.8 Å². The molecule has 0 aliphatic carbocycles. The van der Waals surface area contributed by atoms with Crippen LogP contribution in [0.25, 0.3) is 0 Å². The molecule has 4 heterocycles. The summed E-state index contributed by atoms with van der Waals surface area (Å²) in [4.78, 5) is 36.7. The van der Waals surface area contributed by atoms with Crippen LogP contribution in [-0.2, 0) is 15.0 Å². The molecular formula is C22H32N4O2. The lowest BCUT2D eigenvalue weighted by atomic mass is 9.84. The summed E-state index contributed by atoms with van der Waals surface area (Å²) in [6.45, 7) is 9.16. The van der Waals surface area contributed by atoms with Gasteiger partial charge in [0.05, 0.1) is 5.41 Å². The molecule has 0 radical (unpaired) electrons. The van der Waals surface area contributed by atoms with Gasteiger partial charge in [0.1, 0.15) is 0 Å². The molecule has 3 fully saturated rings. The van der Waals surface area contributed by atoms with Crippen LogP contribution in [0.2, 0.25) is 0 Å². The molecule has 28 heavy (non-hydrogen) atoms. The number of likely N-dealkylation sites (tertiary alicyclic amines) is 3. The number of aromatic nitrogens is 1. The van der Waals surface area contributed by atoms with Gasteiger partial charge in [-0.3, -0.25) is 14.6 Å². The predicted octanol–water partition coefficient (Wildman–Crippen LogP) is 1.62. The molecule has 6 heteroatoms. The third-order valence-corrected chi connectivity index (χ3v) is 7.07. The molecule has 1 aromatic heterocycles. The summed E-state index contributed by atoms with van der Waals surface area (Å²) in [6.07, 6.45) is 5.48. The first-order valence-corrected chi connectivity index (χ1v) is 10.5. The quantitative estimate of drug-likeness (QED) is 0.795. The van der Waals surface area contributed by atoms with Gasteiger partial charge in [-0.1, -0.05) is 6.07 Å². The Labute approximate surface area is 167 Å². The highest BCUT2D eigenvalue weighted by atomic mass is 16.2. The van der Waals surface area contributed by atoms with Crippen LogP contribution >= 0.6 is 0 Å². The third kappa shape index (κ3) is 3.54. The minimum absolute atomic E-state index is 0.170. The number of hydrogen-bond acceptors (Lipinski definition) is 4. The molecular weight excluding hydrogens is 352 g/mol. The molecule has 0 N–H and O–H groups in total. The molecule has 2 amide bonds. The summed E-state index contributed by atoms with van der Waals surface area (Å²) in [7, 11) is 2.12. The van der Waals surface area contributed by atoms with Gasteiger partial charge >= 0.3 is 0 Å². The van der Waals surface area contributed by atoms with Gasteiger partial charge in [-0.25, -0.2) is 0 Å². The van der Waals surface area contributed by atoms with Crippen molar-refractivity contribution < 1.29 is 9.59 Å². The Morgan fingerprint density at radius 1 is 1.04 bits per heavy atom. The number of carbonyl (C=O) groups excluding carboxylic acids is 2. The van der Waals surface area contributed by atoms with Gasteiger partial charge < -0.3 is 14.7 Å². The molecule has 0 aromatic carbocycles. The van der Waals surface area contributed by atoms with Crippen molar-refractivity contribution in [1.82, 2.24) is 19.7 Å². The van der Waals surface area contributed by atoms with Crippen LogP contribution in [0.1, 0.15) is 32.3 Å². The molecule has 3 saturated heterocycles. The molecule has 152 valence electrons. The molecule has 3 aliphatic rings. The predicted molar refractivity (Wildman–Crippen MR) is 108 cm³/mol. The summed E-state index contributed by atoms with van der Waals surface area (Å²) in [5, 5.41) is 0. The molecule has 0 spiro atoms. The van der Waals surface area contributed by atoms with Crippen molar-refractivity contribution in [3.63, 3.8) is 0 Å². The average Bonchev–Trinajstić information content (AvgIpc) is 3.27. The first-order valence-electron chi connectivity index (χ1n) is 10.5. The molecule has 3 aliphatic heterocycles. The number of fused-ring (bicyclic) bond motifs is 1. The van der Waals surface area contributed by atoms with Crippen LogP contribution in [0.3, 0.4) is 0 Å². The van der Waals surface area contributed by atoms with Gasteiger partial charge in [0.25, 0.3) is 0 Å². The number of rotatable bonds is 3. The standard InChI is InChI=1S/C22H32N4O2/c1-22(2,19-5-4-8-23-11-19)21(28)26-14-17-12-25(13-18(17)15-26)20(27)16-6-9-24(3)10-7-16/h4-5,8,11,16-18H,6-7,9-10,12-15H2,1-3H3/t17-,18+. The molecule has 0 unspecified atom stereocenters. The monoisotopic (exact) mass is 384 g/mol. The van der Waals surface area contributed by atoms with E-state index in [1.54, 1.807) is 12.4 Å². The molecule has 1 aromatic rings. The Hall–Kier alpha value is -1.95. The summed E-state index contributed by atoms with van der Waals surface area (Å²) in [5.74, 6) is 1.55. The van der Waals surface area contributed by atoms with Crippen molar-refractivity contribution in [2.45, 2.75) is 32.1 Å². The Morgan fingerprint density at radius 3 is 2.21 bits per heavy atom. The Bertz CT molecular complexity index is 713. The van der Waals surface area contributed by atoms with Gasteiger partial charge in [-0.05, 0) is 58.5 Å². The van der Waals surface area contributed by atoms with E-state index in [9.17, 15) is 9.59 Å². The van der Waals surface area contributed by atoms with Gasteiger partial charge in [-0.2, -0.15) is 0 Å². The SMILES string of the molecule is CN1CCC(C(=O)N2C[C@@H]3CN(C(=O)C(C)(C)c4cccnc4)C[C@@H]3C2)CC1. The van der Waals surface area contributed by atoms with Crippen molar-refractivity contribution >= 4 is 11.8 Å². The second-order valence-corrected chi connectivity index (χ2v) is 9.42. The van der Waals surface area contributed by atoms with Crippen molar-refractivity contribution in [3.05, 3.63) is 30.1 Å². The normalized spacial score (nSPS) is 26.5. The topological polar surface area (TPSA) is 56.8 Å². The van der Waals surface area contributed by atoms with E-state index in [0.717, 1.165) is 57.7 Å². The van der Waals surface area contributed by atoms with Crippen molar-refractivity contribution in [2.75, 3.05) is 46.3 Å². The maximum absolute atomic E-state index is 13.2. The first-order chi connectivity index (χ1) is 13.4. The van der Waals surface area contributed by atoms with E-state index < -0.39 is 5.41 Å². The number of carbonyl (C=O) groups is 2. The zero-order valence-electron chi connectivity index (χ0n) is 17.3. The zero-order chi connectivity index (χ0) is 19.9. The van der Waals surface area contributed by atoms with Crippen LogP contribution in [-0.4, -0.2) is 77.8 Å². The second kappa shape index (κ2) is 7.47. The Balaban J connectivity index is 1.35. The maximum Gasteiger partial charge on any atom is 0.232 e. The van der Waals surface area contributed by atoms with Crippen molar-refractivity contribution in [3.8, 4) is 0 Å². The summed E-state index contributed by atoms with van der Waals surface area (Å²) in [5.41, 5.74) is 0.382. The summed E-state index contributed by atoms with van der Waals surface area (Å²) in [6, 6.07) is 3.86. The molecule has 0 saturated carbocycles. The van der Waals surface area contributed by atoms with Gasteiger partial charge in [-0.15, -0.1) is 0 Å². The average molecular weight is 385 g/mol. The first kappa shape index (κ1) is 19.4. The lowest BCUT2D eigenvalue weighted by molar-refractivity contribution is -0.137. The third-order valence-electron chi connectivity index (χ3n) is 7.07. The number of pyridine rings is 1. The van der Waals surface area contributed by atoms with Gasteiger partial charge in [0, 0.05) is 56.3 Å². The summed E-state index contributed by atoms with van der Waals surface area (Å²) >= 11 is 0. The van der Waals surface area contributed by atoms with E-state index in [1.807, 2.05) is 30.9 Å². The number of hydrogen-bond donors (Lipinski definition) is 0. The second-order valence-electron chi connectivity index (χ2n) is 9.42. The van der Waals surface area contributed by atoms with Crippen LogP contribution in [0.15, 0.2) is 24.5 Å². The minimum Gasteiger partial charge on any atom is -0.342 e. The largest absolute Gasteiger partial charge is 0.342 e. The van der Waals surface area contributed by atoms with Crippen LogP contribution in [0.5, 0.6) is 0 Å². The highest BCUT2D eigenvalue weighted by Crippen LogP contribution is 2.35. The number of amides is 2. The number of nitrogens with zero attached hydrogens (tertiary/aromatic N) is 4. The lowest BCUT2D eigenvalue weighted by Crippen LogP contribution is -2.45. The van der Waals surface area contributed by atoms with Crippen LogP contribution < -0.4 is 0 Å². The van der Waals surface area contributed by atoms with Crippen molar-refractivity contribution in [2.24, 2.45) is 17.8 Å². The summed E-state index contributed by atoms with van der Waals surface area (Å²) < 4.78 is 0. The fourth-order valence-corrected chi connectivity index (χ4v) is 5.10. The Morgan fingerprint density at radius 2 is 1.64 bits per heavy atom. The van der Waals surface area contributed by atoms with E-state index in [1.165, 1.54) is 0 Å². The van der Waals surface area contributed by atoms with Gasteiger partial charge in [0.15, 0.2) is 0 Å². The smallest absolute Gasteiger partial charge is 0.232 e.